The van der Waals surface area contributed by atoms with Gasteiger partial charge in [-0.1, -0.05) is 30.7 Å². The first-order valence-electron chi connectivity index (χ1n) is 5.13. The minimum absolute atomic E-state index is 0.00669. The molecule has 0 aliphatic rings. The highest BCUT2D eigenvalue weighted by molar-refractivity contribution is 7.87. The maximum atomic E-state index is 11.9. The molecule has 1 rings (SSSR count). The molecule has 0 amide bonds. The van der Waals surface area contributed by atoms with Crippen LogP contribution in [0.4, 0.5) is 0 Å². The molecule has 0 radical (unpaired) electrons. The van der Waals surface area contributed by atoms with Crippen LogP contribution in [0, 0.1) is 6.92 Å². The molecule has 0 fully saturated rings. The molecule has 0 aliphatic carbocycles. The van der Waals surface area contributed by atoms with Crippen LogP contribution >= 0.6 is 19.0 Å². The van der Waals surface area contributed by atoms with E-state index in [1.807, 2.05) is 0 Å². The van der Waals surface area contributed by atoms with Crippen molar-refractivity contribution in [2.75, 3.05) is 12.5 Å². The van der Waals surface area contributed by atoms with Crippen LogP contribution in [0.2, 0.25) is 5.02 Å². The van der Waals surface area contributed by atoms with Gasteiger partial charge in [0.1, 0.15) is 11.2 Å². The van der Waals surface area contributed by atoms with Crippen molar-refractivity contribution >= 4 is 29.1 Å². The smallest absolute Gasteiger partial charge is 0.299 e. The summed E-state index contributed by atoms with van der Waals surface area (Å²) >= 11 is 5.79. The average molecular weight is 312 g/mol. The van der Waals surface area contributed by atoms with E-state index in [1.54, 1.807) is 19.1 Å². The fourth-order valence-electron chi connectivity index (χ4n) is 1.23. The van der Waals surface area contributed by atoms with Crippen LogP contribution in [0.25, 0.3) is 0 Å². The molecule has 1 unspecified atom stereocenters. The monoisotopic (exact) mass is 311 g/mol. The first-order chi connectivity index (χ1) is 8.19. The van der Waals surface area contributed by atoms with Crippen LogP contribution in [-0.2, 0) is 18.9 Å². The second-order valence-corrected chi connectivity index (χ2v) is 8.20. The van der Waals surface area contributed by atoms with Crippen molar-refractivity contribution in [1.29, 1.82) is 0 Å². The Hall–Kier alpha value is -0.390. The highest BCUT2D eigenvalue weighted by Gasteiger charge is 2.23. The van der Waals surface area contributed by atoms with Gasteiger partial charge < -0.3 is 9.46 Å². The molecule has 18 heavy (non-hydrogen) atoms. The van der Waals surface area contributed by atoms with Gasteiger partial charge in [-0.2, -0.15) is 8.42 Å². The van der Waals surface area contributed by atoms with Crippen LogP contribution in [0.15, 0.2) is 23.1 Å². The standard InChI is InChI=1S/C10H14ClO5PS/c1-3-17(12,13)7-16-18(14,15)10-8(2)5-4-6-9(10)11/h4-6H,3,7H2,1-2H3,(H,12,13)/p-1. The van der Waals surface area contributed by atoms with Gasteiger partial charge in [0.05, 0.1) is 5.02 Å². The topological polar surface area (TPSA) is 83.5 Å². The van der Waals surface area contributed by atoms with Gasteiger partial charge in [0, 0.05) is 7.37 Å². The number of halogens is 1. The lowest BCUT2D eigenvalue weighted by Gasteiger charge is -2.21. The molecule has 0 N–H and O–H groups in total. The van der Waals surface area contributed by atoms with Crippen molar-refractivity contribution in [3.05, 3.63) is 28.8 Å². The molecule has 8 heteroatoms. The van der Waals surface area contributed by atoms with Crippen molar-refractivity contribution in [1.82, 2.24) is 0 Å². The maximum Gasteiger partial charge on any atom is 0.299 e. The van der Waals surface area contributed by atoms with Gasteiger partial charge in [-0.05, 0) is 24.7 Å². The van der Waals surface area contributed by atoms with E-state index >= 15 is 0 Å². The first-order valence-corrected chi connectivity index (χ1v) is 8.91. The molecular weight excluding hydrogens is 299 g/mol. The van der Waals surface area contributed by atoms with Gasteiger partial charge in [0.15, 0.2) is 0 Å². The van der Waals surface area contributed by atoms with E-state index < -0.39 is 23.8 Å². The molecule has 102 valence electrons. The molecular formula is C10H13ClO5PS-. The number of hydrogen-bond acceptors (Lipinski definition) is 5. The summed E-state index contributed by atoms with van der Waals surface area (Å²) in [7, 11) is -7.98. The predicted octanol–water partition coefficient (Wildman–Crippen LogP) is 1.97. The fourth-order valence-corrected chi connectivity index (χ4v) is 4.01. The van der Waals surface area contributed by atoms with E-state index in [0.29, 0.717) is 5.56 Å². The van der Waals surface area contributed by atoms with Crippen molar-refractivity contribution in [2.45, 2.75) is 18.7 Å². The van der Waals surface area contributed by atoms with E-state index in [2.05, 4.69) is 4.18 Å². The van der Waals surface area contributed by atoms with Crippen molar-refractivity contribution in [3.63, 3.8) is 0 Å². The Morgan fingerprint density at radius 2 is 2.06 bits per heavy atom. The van der Waals surface area contributed by atoms with Crippen molar-refractivity contribution < 1.29 is 22.1 Å². The van der Waals surface area contributed by atoms with Gasteiger partial charge in [0.25, 0.3) is 10.1 Å². The Morgan fingerprint density at radius 3 is 2.56 bits per heavy atom. The summed E-state index contributed by atoms with van der Waals surface area (Å²) in [5, 5.41) is 0.00669. The molecule has 5 nitrogen and oxygen atoms in total. The van der Waals surface area contributed by atoms with E-state index in [1.165, 1.54) is 13.0 Å². The van der Waals surface area contributed by atoms with E-state index in [0.717, 1.165) is 0 Å². The highest BCUT2D eigenvalue weighted by atomic mass is 35.5. The Labute approximate surface area is 111 Å². The van der Waals surface area contributed by atoms with E-state index in [-0.39, 0.29) is 16.1 Å². The zero-order valence-corrected chi connectivity index (χ0v) is 12.4. The summed E-state index contributed by atoms with van der Waals surface area (Å²) in [6.45, 7) is 2.98. The average Bonchev–Trinajstić information content (AvgIpc) is 2.26. The predicted molar refractivity (Wildman–Crippen MR) is 67.5 cm³/mol. The fraction of sp³-hybridized carbons (Fsp3) is 0.400. The number of rotatable bonds is 5. The molecule has 1 atom stereocenters. The lowest BCUT2D eigenvalue weighted by molar-refractivity contribution is -0.177. The van der Waals surface area contributed by atoms with Crippen LogP contribution in [0.3, 0.4) is 0 Å². The quantitative estimate of drug-likeness (QED) is 0.613. The van der Waals surface area contributed by atoms with Gasteiger partial charge >= 0.3 is 0 Å². The Kier molecular flexibility index (Phi) is 4.98. The lowest BCUT2D eigenvalue weighted by Crippen LogP contribution is -2.15. The van der Waals surface area contributed by atoms with Crippen LogP contribution in [-0.4, -0.2) is 20.9 Å². The molecule has 0 aromatic heterocycles. The minimum atomic E-state index is -4.17. The maximum absolute atomic E-state index is 11.9. The summed E-state index contributed by atoms with van der Waals surface area (Å²) in [6.07, 6.45) is -1.01. The van der Waals surface area contributed by atoms with Crippen molar-refractivity contribution in [2.24, 2.45) is 0 Å². The van der Waals surface area contributed by atoms with E-state index in [4.69, 9.17) is 11.6 Å². The van der Waals surface area contributed by atoms with Crippen LogP contribution in [0.5, 0.6) is 0 Å². The third-order valence-electron chi connectivity index (χ3n) is 2.30. The third-order valence-corrected chi connectivity index (χ3v) is 5.86. The summed E-state index contributed by atoms with van der Waals surface area (Å²) in [6, 6.07) is 4.56. The normalized spacial score (nSPS) is 15.3. The molecule has 1 aromatic carbocycles. The third kappa shape index (κ3) is 3.80. The zero-order chi connectivity index (χ0) is 14.0. The summed E-state index contributed by atoms with van der Waals surface area (Å²) in [5.41, 5.74) is 0.403. The molecule has 0 spiro atoms. The minimum Gasteiger partial charge on any atom is -0.798 e. The second-order valence-electron chi connectivity index (χ2n) is 3.72. The van der Waals surface area contributed by atoms with Gasteiger partial charge in [-0.25, -0.2) is 0 Å². The SMILES string of the molecule is CCP(=O)([O-])COS(=O)(=O)c1c(C)cccc1Cl. The van der Waals surface area contributed by atoms with Crippen LogP contribution < -0.4 is 4.89 Å². The van der Waals surface area contributed by atoms with E-state index in [9.17, 15) is 17.9 Å². The Bertz CT molecular complexity index is 564. The number of benzene rings is 1. The lowest BCUT2D eigenvalue weighted by atomic mass is 10.2. The summed E-state index contributed by atoms with van der Waals surface area (Å²) in [4.78, 5) is 11.1. The number of hydrogen-bond donors (Lipinski definition) is 0. The molecule has 0 aliphatic heterocycles. The van der Waals surface area contributed by atoms with Gasteiger partial charge in [-0.15, -0.1) is 0 Å². The largest absolute Gasteiger partial charge is 0.798 e. The molecule has 0 saturated carbocycles. The Morgan fingerprint density at radius 1 is 1.44 bits per heavy atom. The first kappa shape index (κ1) is 15.7. The van der Waals surface area contributed by atoms with Crippen molar-refractivity contribution in [3.8, 4) is 0 Å². The zero-order valence-electron chi connectivity index (χ0n) is 9.92. The number of aryl methyl sites for hydroxylation is 1. The van der Waals surface area contributed by atoms with Gasteiger partial charge in [-0.3, -0.25) is 4.18 Å². The highest BCUT2D eigenvalue weighted by Crippen LogP contribution is 2.36. The molecule has 0 bridgehead atoms. The molecule has 1 aromatic rings. The van der Waals surface area contributed by atoms with Gasteiger partial charge in [0.2, 0.25) is 0 Å². The molecule has 0 heterocycles. The van der Waals surface area contributed by atoms with Crippen LogP contribution in [0.1, 0.15) is 12.5 Å². The Balaban J connectivity index is 3.05. The molecule has 0 saturated heterocycles. The second kappa shape index (κ2) is 5.72. The summed E-state index contributed by atoms with van der Waals surface area (Å²) in [5.74, 6) is 0. The summed E-state index contributed by atoms with van der Waals surface area (Å²) < 4.78 is 39.5.